The van der Waals surface area contributed by atoms with Gasteiger partial charge in [0.05, 0.1) is 0 Å². The number of ether oxygens (including phenoxy) is 1. The Balaban J connectivity index is 3.03. The maximum Gasteiger partial charge on any atom is 0.378 e. The van der Waals surface area contributed by atoms with E-state index in [4.69, 9.17) is 5.11 Å². The second kappa shape index (κ2) is 2.81. The van der Waals surface area contributed by atoms with E-state index in [1.165, 1.54) is 13.8 Å². The van der Waals surface area contributed by atoms with E-state index in [-0.39, 0.29) is 11.5 Å². The summed E-state index contributed by atoms with van der Waals surface area (Å²) >= 11 is 0. The lowest BCUT2D eigenvalue weighted by Gasteiger charge is -1.98. The Morgan fingerprint density at radius 3 is 2.42 bits per heavy atom. The topological polar surface area (TPSA) is 63.6 Å². The number of ketones is 1. The smallest absolute Gasteiger partial charge is 0.378 e. The van der Waals surface area contributed by atoms with Crippen molar-refractivity contribution in [3.05, 3.63) is 23.2 Å². The van der Waals surface area contributed by atoms with Crippen molar-refractivity contribution in [2.75, 3.05) is 0 Å². The van der Waals surface area contributed by atoms with Crippen LogP contribution in [0.25, 0.3) is 0 Å². The molecule has 0 amide bonds. The molecule has 0 saturated heterocycles. The quantitative estimate of drug-likeness (QED) is 0.465. The van der Waals surface area contributed by atoms with Crippen molar-refractivity contribution in [1.82, 2.24) is 0 Å². The summed E-state index contributed by atoms with van der Waals surface area (Å²) in [6, 6.07) is 0. The zero-order valence-corrected chi connectivity index (χ0v) is 6.75. The van der Waals surface area contributed by atoms with Crippen molar-refractivity contribution in [3.63, 3.8) is 0 Å². The van der Waals surface area contributed by atoms with Gasteiger partial charge in [-0.2, -0.15) is 0 Å². The molecule has 12 heavy (non-hydrogen) atoms. The molecule has 0 spiro atoms. The Morgan fingerprint density at radius 2 is 2.08 bits per heavy atom. The normalized spacial score (nSPS) is 20.2. The molecule has 64 valence electrons. The van der Waals surface area contributed by atoms with E-state index in [1.807, 2.05) is 0 Å². The Kier molecular flexibility index (Phi) is 1.99. The van der Waals surface area contributed by atoms with E-state index < -0.39 is 11.7 Å². The van der Waals surface area contributed by atoms with Gasteiger partial charge in [-0.1, -0.05) is 0 Å². The SMILES string of the molecule is CC(=O)/C(C)=C1\C=C(O)C(=O)O1. The minimum atomic E-state index is -0.814. The molecule has 0 fully saturated rings. The highest BCUT2D eigenvalue weighted by atomic mass is 16.6. The molecule has 0 aromatic carbocycles. The molecule has 0 aromatic heterocycles. The van der Waals surface area contributed by atoms with Crippen LogP contribution >= 0.6 is 0 Å². The van der Waals surface area contributed by atoms with Crippen molar-refractivity contribution < 1.29 is 19.4 Å². The van der Waals surface area contributed by atoms with Crippen molar-refractivity contribution >= 4 is 11.8 Å². The maximum absolute atomic E-state index is 10.8. The molecule has 0 bridgehead atoms. The molecule has 0 unspecified atom stereocenters. The van der Waals surface area contributed by atoms with Crippen LogP contribution < -0.4 is 0 Å². The Morgan fingerprint density at radius 1 is 1.50 bits per heavy atom. The minimum Gasteiger partial charge on any atom is -0.502 e. The third-order valence-electron chi connectivity index (χ3n) is 1.58. The number of rotatable bonds is 1. The lowest BCUT2D eigenvalue weighted by atomic mass is 10.2. The molecular weight excluding hydrogens is 160 g/mol. The fourth-order valence-electron chi connectivity index (χ4n) is 0.723. The Labute approximate surface area is 69.1 Å². The van der Waals surface area contributed by atoms with Gasteiger partial charge < -0.3 is 9.84 Å². The van der Waals surface area contributed by atoms with Gasteiger partial charge in [-0.05, 0) is 13.8 Å². The van der Waals surface area contributed by atoms with Crippen molar-refractivity contribution in [3.8, 4) is 0 Å². The number of hydrogen-bond donors (Lipinski definition) is 1. The summed E-state index contributed by atoms with van der Waals surface area (Å²) in [4.78, 5) is 21.4. The van der Waals surface area contributed by atoms with Crippen molar-refractivity contribution in [1.29, 1.82) is 0 Å². The van der Waals surface area contributed by atoms with E-state index in [2.05, 4.69) is 4.74 Å². The Bertz CT molecular complexity index is 309. The van der Waals surface area contributed by atoms with E-state index in [0.29, 0.717) is 5.57 Å². The fraction of sp³-hybridized carbons (Fsp3) is 0.250. The Hall–Kier alpha value is -1.58. The molecule has 4 heteroatoms. The largest absolute Gasteiger partial charge is 0.502 e. The van der Waals surface area contributed by atoms with Crippen molar-refractivity contribution in [2.24, 2.45) is 0 Å². The number of hydrogen-bond acceptors (Lipinski definition) is 4. The zero-order valence-electron chi connectivity index (χ0n) is 6.75. The summed E-state index contributed by atoms with van der Waals surface area (Å²) in [5, 5.41) is 8.84. The second-order valence-electron chi connectivity index (χ2n) is 2.46. The van der Waals surface area contributed by atoms with Crippen LogP contribution in [0.4, 0.5) is 0 Å². The van der Waals surface area contributed by atoms with Crippen molar-refractivity contribution in [2.45, 2.75) is 13.8 Å². The average molecular weight is 168 g/mol. The molecular formula is C8H8O4. The number of carbonyl (C=O) groups excluding carboxylic acids is 2. The standard InChI is InChI=1S/C8H8O4/c1-4(5(2)9)7-3-6(10)8(11)12-7/h3,10H,1-2H3/b7-4+. The van der Waals surface area contributed by atoms with Crippen LogP contribution in [0.1, 0.15) is 13.8 Å². The molecule has 0 radical (unpaired) electrons. The highest BCUT2D eigenvalue weighted by Gasteiger charge is 2.22. The molecule has 1 aliphatic heterocycles. The van der Waals surface area contributed by atoms with E-state index in [0.717, 1.165) is 6.08 Å². The molecule has 1 aliphatic rings. The third kappa shape index (κ3) is 1.37. The average Bonchev–Trinajstić information content (AvgIpc) is 2.30. The lowest BCUT2D eigenvalue weighted by Crippen LogP contribution is -2.00. The van der Waals surface area contributed by atoms with Crippen LogP contribution in [0, 0.1) is 0 Å². The highest BCUT2D eigenvalue weighted by Crippen LogP contribution is 2.18. The van der Waals surface area contributed by atoms with Crippen LogP contribution in [0.2, 0.25) is 0 Å². The first-order valence-electron chi connectivity index (χ1n) is 3.37. The predicted molar refractivity (Wildman–Crippen MR) is 40.2 cm³/mol. The van der Waals surface area contributed by atoms with Crippen LogP contribution in [0.15, 0.2) is 23.2 Å². The molecule has 0 aliphatic carbocycles. The van der Waals surface area contributed by atoms with Gasteiger partial charge >= 0.3 is 5.97 Å². The highest BCUT2D eigenvalue weighted by molar-refractivity contribution is 5.97. The second-order valence-corrected chi connectivity index (χ2v) is 2.46. The number of esters is 1. The maximum atomic E-state index is 10.8. The summed E-state index contributed by atoms with van der Waals surface area (Å²) in [5.74, 6) is -1.34. The molecule has 1 rings (SSSR count). The number of cyclic esters (lactones) is 1. The van der Waals surface area contributed by atoms with Gasteiger partial charge in [0.1, 0.15) is 5.76 Å². The summed E-state index contributed by atoms with van der Waals surface area (Å²) < 4.78 is 4.57. The first-order valence-corrected chi connectivity index (χ1v) is 3.37. The van der Waals surface area contributed by atoms with Crippen LogP contribution in [-0.2, 0) is 14.3 Å². The first kappa shape index (κ1) is 8.52. The summed E-state index contributed by atoms with van der Waals surface area (Å²) in [5.41, 5.74) is 0.326. The summed E-state index contributed by atoms with van der Waals surface area (Å²) in [7, 11) is 0. The number of allylic oxidation sites excluding steroid dienone is 2. The van der Waals surface area contributed by atoms with E-state index >= 15 is 0 Å². The first-order chi connectivity index (χ1) is 5.52. The van der Waals surface area contributed by atoms with Crippen LogP contribution in [0.3, 0.4) is 0 Å². The van der Waals surface area contributed by atoms with E-state index in [1.54, 1.807) is 0 Å². The number of aliphatic hydroxyl groups is 1. The van der Waals surface area contributed by atoms with Gasteiger partial charge in [-0.15, -0.1) is 0 Å². The zero-order chi connectivity index (χ0) is 9.30. The van der Waals surface area contributed by atoms with Gasteiger partial charge in [0, 0.05) is 11.6 Å². The van der Waals surface area contributed by atoms with Gasteiger partial charge in [0.15, 0.2) is 5.78 Å². The molecule has 0 saturated carbocycles. The predicted octanol–water partition coefficient (Wildman–Crippen LogP) is 0.848. The monoisotopic (exact) mass is 168 g/mol. The van der Waals surface area contributed by atoms with Gasteiger partial charge in [0.25, 0.3) is 0 Å². The van der Waals surface area contributed by atoms with E-state index in [9.17, 15) is 9.59 Å². The van der Waals surface area contributed by atoms with Gasteiger partial charge in [-0.25, -0.2) is 4.79 Å². The number of carbonyl (C=O) groups is 2. The molecule has 0 atom stereocenters. The molecule has 1 heterocycles. The number of aliphatic hydroxyl groups excluding tert-OH is 1. The molecule has 4 nitrogen and oxygen atoms in total. The van der Waals surface area contributed by atoms with Gasteiger partial charge in [0.2, 0.25) is 5.76 Å². The number of Topliss-reactive ketones (excluding diaryl/α,β-unsaturated/α-hetero) is 1. The summed E-state index contributed by atoms with van der Waals surface area (Å²) in [6.45, 7) is 2.89. The van der Waals surface area contributed by atoms with Gasteiger partial charge in [-0.3, -0.25) is 4.79 Å². The lowest BCUT2D eigenvalue weighted by molar-refractivity contribution is -0.135. The van der Waals surface area contributed by atoms with Crippen LogP contribution in [0.5, 0.6) is 0 Å². The summed E-state index contributed by atoms with van der Waals surface area (Å²) in [6.07, 6.45) is 1.14. The minimum absolute atomic E-state index is 0.130. The van der Waals surface area contributed by atoms with Crippen LogP contribution in [-0.4, -0.2) is 16.9 Å². The molecule has 0 aromatic rings. The fourth-order valence-corrected chi connectivity index (χ4v) is 0.723. The molecule has 1 N–H and O–H groups in total. The third-order valence-corrected chi connectivity index (χ3v) is 1.58.